The maximum atomic E-state index is 13.0. The number of nitrogens with zero attached hydrogens (tertiary/aromatic N) is 4. The van der Waals surface area contributed by atoms with E-state index in [4.69, 9.17) is 0 Å². The molecule has 0 saturated carbocycles. The Hall–Kier alpha value is -3.05. The zero-order valence-electron chi connectivity index (χ0n) is 16.8. The Morgan fingerprint density at radius 3 is 2.53 bits per heavy atom. The van der Waals surface area contributed by atoms with Crippen LogP contribution >= 0.6 is 11.8 Å². The molecule has 1 aromatic heterocycles. The molecule has 3 heterocycles. The molecule has 2 aliphatic heterocycles. The Kier molecular flexibility index (Phi) is 5.64. The topological polar surface area (TPSA) is 86.4 Å². The molecule has 0 atom stereocenters. The summed E-state index contributed by atoms with van der Waals surface area (Å²) >= 11 is 1.60. The minimum atomic E-state index is -0.451. The average molecular weight is 423 g/mol. The van der Waals surface area contributed by atoms with Gasteiger partial charge >= 0.3 is 0 Å². The van der Waals surface area contributed by atoms with E-state index in [1.165, 1.54) is 11.5 Å². The van der Waals surface area contributed by atoms with Crippen molar-refractivity contribution in [2.24, 2.45) is 0 Å². The molecule has 154 valence electrons. The number of hydrogen-bond donors (Lipinski definition) is 0. The predicted molar refractivity (Wildman–Crippen MR) is 118 cm³/mol. The number of anilines is 1. The van der Waals surface area contributed by atoms with Crippen molar-refractivity contribution in [1.82, 2.24) is 9.47 Å². The molecule has 0 N–H and O–H groups in total. The number of rotatable bonds is 4. The van der Waals surface area contributed by atoms with Crippen LogP contribution in [0.25, 0.3) is 10.9 Å². The van der Waals surface area contributed by atoms with Gasteiger partial charge in [0.2, 0.25) is 0 Å². The number of para-hydroxylation sites is 1. The maximum Gasteiger partial charge on any atom is 0.271 e. The number of nitriles is 1. The molecular weight excluding hydrogens is 400 g/mol. The van der Waals surface area contributed by atoms with Gasteiger partial charge in [0.05, 0.1) is 22.7 Å². The van der Waals surface area contributed by atoms with Gasteiger partial charge in [0.1, 0.15) is 17.4 Å². The van der Waals surface area contributed by atoms with Gasteiger partial charge in [0.15, 0.2) is 0 Å². The summed E-state index contributed by atoms with van der Waals surface area (Å²) in [6.45, 7) is 3.51. The zero-order chi connectivity index (χ0) is 21.3. The SMILES string of the molecule is CC(=O)Cn1c(=O)c(C#N)c(N2CCN(C(=O)C3=CCCS3)CC2)c2ccccc21. The van der Waals surface area contributed by atoms with Gasteiger partial charge in [-0.2, -0.15) is 5.26 Å². The summed E-state index contributed by atoms with van der Waals surface area (Å²) in [7, 11) is 0. The standard InChI is InChI=1S/C22H22N4O3S/c1-15(27)14-26-18-6-3-2-5-16(18)20(17(13-23)21(26)28)24-8-10-25(11-9-24)22(29)19-7-4-12-30-19/h2-3,5-7H,4,8-12,14H2,1H3. The summed E-state index contributed by atoms with van der Waals surface area (Å²) in [6.07, 6.45) is 2.93. The molecule has 0 radical (unpaired) electrons. The van der Waals surface area contributed by atoms with Crippen molar-refractivity contribution in [2.45, 2.75) is 19.9 Å². The zero-order valence-corrected chi connectivity index (χ0v) is 17.6. The number of ketones is 1. The minimum Gasteiger partial charge on any atom is -0.366 e. The number of fused-ring (bicyclic) bond motifs is 1. The van der Waals surface area contributed by atoms with E-state index < -0.39 is 5.56 Å². The highest BCUT2D eigenvalue weighted by Gasteiger charge is 2.28. The van der Waals surface area contributed by atoms with Crippen molar-refractivity contribution in [1.29, 1.82) is 5.26 Å². The Morgan fingerprint density at radius 1 is 1.17 bits per heavy atom. The van der Waals surface area contributed by atoms with Crippen molar-refractivity contribution >= 4 is 40.0 Å². The van der Waals surface area contributed by atoms with Crippen molar-refractivity contribution in [3.63, 3.8) is 0 Å². The van der Waals surface area contributed by atoms with E-state index in [9.17, 15) is 19.6 Å². The fourth-order valence-electron chi connectivity index (χ4n) is 4.05. The van der Waals surface area contributed by atoms with Crippen LogP contribution in [0, 0.1) is 11.3 Å². The van der Waals surface area contributed by atoms with Gasteiger partial charge in [-0.15, -0.1) is 11.8 Å². The number of hydrogen-bond acceptors (Lipinski definition) is 6. The Morgan fingerprint density at radius 2 is 1.90 bits per heavy atom. The lowest BCUT2D eigenvalue weighted by atomic mass is 10.1. The molecule has 7 nitrogen and oxygen atoms in total. The van der Waals surface area contributed by atoms with Gasteiger partial charge in [0, 0.05) is 37.3 Å². The lowest BCUT2D eigenvalue weighted by molar-refractivity contribution is -0.126. The van der Waals surface area contributed by atoms with E-state index in [-0.39, 0.29) is 23.8 Å². The number of thioether (sulfide) groups is 1. The van der Waals surface area contributed by atoms with Crippen molar-refractivity contribution < 1.29 is 9.59 Å². The first-order valence-electron chi connectivity index (χ1n) is 9.93. The van der Waals surface area contributed by atoms with Crippen molar-refractivity contribution in [3.05, 3.63) is 51.2 Å². The summed E-state index contributed by atoms with van der Waals surface area (Å²) < 4.78 is 1.38. The van der Waals surface area contributed by atoms with Gasteiger partial charge in [-0.05, 0) is 19.4 Å². The Balaban J connectivity index is 1.70. The molecule has 0 spiro atoms. The lowest BCUT2D eigenvalue weighted by Gasteiger charge is -2.37. The van der Waals surface area contributed by atoms with Gasteiger partial charge < -0.3 is 9.80 Å². The highest BCUT2D eigenvalue weighted by Crippen LogP contribution is 2.31. The monoisotopic (exact) mass is 422 g/mol. The smallest absolute Gasteiger partial charge is 0.271 e. The fraction of sp³-hybridized carbons (Fsp3) is 0.364. The first-order chi connectivity index (χ1) is 14.5. The number of carbonyl (C=O) groups is 2. The van der Waals surface area contributed by atoms with Gasteiger partial charge in [0.25, 0.3) is 11.5 Å². The van der Waals surface area contributed by atoms with E-state index in [1.807, 2.05) is 34.1 Å². The number of amides is 1. The molecule has 0 aliphatic carbocycles. The van der Waals surface area contributed by atoms with Crippen LogP contribution in [0.1, 0.15) is 18.9 Å². The number of allylic oxidation sites excluding steroid dienone is 1. The van der Waals surface area contributed by atoms with Gasteiger partial charge in [-0.3, -0.25) is 19.0 Å². The first-order valence-corrected chi connectivity index (χ1v) is 10.9. The summed E-state index contributed by atoms with van der Waals surface area (Å²) in [5.41, 5.74) is 0.827. The molecule has 8 heteroatoms. The minimum absolute atomic E-state index is 0.0452. The number of Topliss-reactive ketones (excluding diaryl/α,β-unsaturated/α-hetero) is 1. The maximum absolute atomic E-state index is 13.0. The van der Waals surface area contributed by atoms with E-state index in [0.717, 1.165) is 22.5 Å². The third-order valence-electron chi connectivity index (χ3n) is 5.44. The van der Waals surface area contributed by atoms with E-state index in [0.29, 0.717) is 37.4 Å². The first kappa shape index (κ1) is 20.2. The second kappa shape index (κ2) is 8.36. The summed E-state index contributed by atoms with van der Waals surface area (Å²) in [5, 5.41) is 10.5. The number of piperazine rings is 1. The molecule has 1 saturated heterocycles. The van der Waals surface area contributed by atoms with Crippen LogP contribution in [0.4, 0.5) is 5.69 Å². The van der Waals surface area contributed by atoms with Crippen LogP contribution in [-0.2, 0) is 16.1 Å². The predicted octanol–water partition coefficient (Wildman–Crippen LogP) is 2.13. The summed E-state index contributed by atoms with van der Waals surface area (Å²) in [4.78, 5) is 42.1. The number of pyridine rings is 1. The van der Waals surface area contributed by atoms with Crippen LogP contribution in [0.3, 0.4) is 0 Å². The molecule has 4 rings (SSSR count). The van der Waals surface area contributed by atoms with Crippen LogP contribution < -0.4 is 10.5 Å². The third kappa shape index (κ3) is 3.61. The molecule has 2 aromatic rings. The molecule has 1 fully saturated rings. The number of benzene rings is 1. The second-order valence-electron chi connectivity index (χ2n) is 7.43. The van der Waals surface area contributed by atoms with Crippen LogP contribution in [0.2, 0.25) is 0 Å². The molecule has 0 bridgehead atoms. The highest BCUT2D eigenvalue weighted by atomic mass is 32.2. The lowest BCUT2D eigenvalue weighted by Crippen LogP contribution is -2.49. The summed E-state index contributed by atoms with van der Waals surface area (Å²) in [6, 6.07) is 9.42. The quantitative estimate of drug-likeness (QED) is 0.750. The van der Waals surface area contributed by atoms with Crippen molar-refractivity contribution in [3.8, 4) is 6.07 Å². The Labute approximate surface area is 178 Å². The highest BCUT2D eigenvalue weighted by molar-refractivity contribution is 8.04. The molecular formula is C22H22N4O3S. The summed E-state index contributed by atoms with van der Waals surface area (Å²) in [5.74, 6) is 0.874. The number of aromatic nitrogens is 1. The largest absolute Gasteiger partial charge is 0.366 e. The van der Waals surface area contributed by atoms with Crippen LogP contribution in [0.5, 0.6) is 0 Å². The fourth-order valence-corrected chi connectivity index (χ4v) is 5.00. The van der Waals surface area contributed by atoms with E-state index >= 15 is 0 Å². The molecule has 0 unspecified atom stereocenters. The number of carbonyl (C=O) groups excluding carboxylic acids is 2. The van der Waals surface area contributed by atoms with Crippen LogP contribution in [-0.4, -0.2) is 53.1 Å². The second-order valence-corrected chi connectivity index (χ2v) is 8.57. The normalized spacial score (nSPS) is 16.5. The average Bonchev–Trinajstić information content (AvgIpc) is 3.29. The van der Waals surface area contributed by atoms with Crippen molar-refractivity contribution in [2.75, 3.05) is 36.8 Å². The van der Waals surface area contributed by atoms with E-state index in [2.05, 4.69) is 6.07 Å². The third-order valence-corrected chi connectivity index (χ3v) is 6.53. The molecule has 30 heavy (non-hydrogen) atoms. The van der Waals surface area contributed by atoms with Gasteiger partial charge in [-0.1, -0.05) is 24.3 Å². The van der Waals surface area contributed by atoms with Gasteiger partial charge in [-0.25, -0.2) is 0 Å². The molecule has 1 aromatic carbocycles. The Bertz CT molecular complexity index is 1150. The molecule has 1 amide bonds. The molecule has 2 aliphatic rings. The van der Waals surface area contributed by atoms with Crippen LogP contribution in [0.15, 0.2) is 40.0 Å². The van der Waals surface area contributed by atoms with E-state index in [1.54, 1.807) is 17.8 Å².